The second-order valence-corrected chi connectivity index (χ2v) is 7.59. The van der Waals surface area contributed by atoms with Crippen molar-refractivity contribution in [2.75, 3.05) is 6.54 Å². The lowest BCUT2D eigenvalue weighted by molar-refractivity contribution is -0.135. The van der Waals surface area contributed by atoms with Gasteiger partial charge in [0.15, 0.2) is 0 Å². The summed E-state index contributed by atoms with van der Waals surface area (Å²) in [5.41, 5.74) is 3.34. The number of benzene rings is 2. The molecule has 1 amide bonds. The number of hydrogen-bond acceptors (Lipinski definition) is 2. The third-order valence-corrected chi connectivity index (χ3v) is 5.88. The summed E-state index contributed by atoms with van der Waals surface area (Å²) in [7, 11) is 0. The Labute approximate surface area is 146 Å². The number of ether oxygens (including phenoxy) is 1. The van der Waals surface area contributed by atoms with Crippen LogP contribution in [0, 0.1) is 17.2 Å². The summed E-state index contributed by atoms with van der Waals surface area (Å²) >= 11 is 0. The van der Waals surface area contributed by atoms with Crippen molar-refractivity contribution in [1.82, 2.24) is 4.90 Å². The summed E-state index contributed by atoms with van der Waals surface area (Å²) in [4.78, 5) is 14.6. The van der Waals surface area contributed by atoms with E-state index >= 15 is 0 Å². The molecule has 1 aliphatic heterocycles. The Balaban J connectivity index is 1.26. The van der Waals surface area contributed by atoms with E-state index in [0.29, 0.717) is 25.0 Å². The molecule has 2 fully saturated rings. The highest BCUT2D eigenvalue weighted by atomic mass is 19.1. The minimum Gasteiger partial charge on any atom is -0.489 e. The zero-order valence-electron chi connectivity index (χ0n) is 14.0. The average Bonchev–Trinajstić information content (AvgIpc) is 3.49. The summed E-state index contributed by atoms with van der Waals surface area (Å²) in [5.74, 6) is 1.62. The van der Waals surface area contributed by atoms with E-state index in [0.717, 1.165) is 37.1 Å². The highest BCUT2D eigenvalue weighted by Crippen LogP contribution is 2.76. The summed E-state index contributed by atoms with van der Waals surface area (Å²) < 4.78 is 19.0. The summed E-state index contributed by atoms with van der Waals surface area (Å²) in [6, 6.07) is 12.5. The average molecular weight is 337 g/mol. The van der Waals surface area contributed by atoms with Gasteiger partial charge in [0.05, 0.1) is 5.41 Å². The highest BCUT2D eigenvalue weighted by molar-refractivity contribution is 5.90. The van der Waals surface area contributed by atoms with E-state index in [9.17, 15) is 9.18 Å². The quantitative estimate of drug-likeness (QED) is 0.851. The van der Waals surface area contributed by atoms with Crippen LogP contribution in [0.3, 0.4) is 0 Å². The van der Waals surface area contributed by atoms with E-state index in [4.69, 9.17) is 4.74 Å². The first-order valence-electron chi connectivity index (χ1n) is 8.92. The third-order valence-electron chi connectivity index (χ3n) is 5.88. The molecule has 25 heavy (non-hydrogen) atoms. The van der Waals surface area contributed by atoms with E-state index in [1.807, 2.05) is 17.0 Å². The molecule has 2 aromatic carbocycles. The van der Waals surface area contributed by atoms with E-state index < -0.39 is 0 Å². The van der Waals surface area contributed by atoms with E-state index in [2.05, 4.69) is 12.1 Å². The third kappa shape index (κ3) is 2.60. The molecule has 0 unspecified atom stereocenters. The number of halogens is 1. The maximum absolute atomic E-state index is 13.2. The van der Waals surface area contributed by atoms with E-state index in [-0.39, 0.29) is 11.2 Å². The molecule has 0 atom stereocenters. The Morgan fingerprint density at radius 1 is 1.20 bits per heavy atom. The van der Waals surface area contributed by atoms with E-state index in [1.165, 1.54) is 23.3 Å². The van der Waals surface area contributed by atoms with Crippen molar-refractivity contribution in [2.24, 2.45) is 11.3 Å². The highest BCUT2D eigenvalue weighted by Gasteiger charge is 2.75. The summed E-state index contributed by atoms with van der Waals surface area (Å²) in [6.45, 7) is 1.87. The fraction of sp³-hybridized carbons (Fsp3) is 0.381. The van der Waals surface area contributed by atoms with Crippen molar-refractivity contribution in [1.29, 1.82) is 0 Å². The minimum absolute atomic E-state index is 0.0610. The summed E-state index contributed by atoms with van der Waals surface area (Å²) in [5, 5.41) is 0. The van der Waals surface area contributed by atoms with Crippen LogP contribution in [0.5, 0.6) is 5.75 Å². The van der Waals surface area contributed by atoms with Crippen molar-refractivity contribution in [3.8, 4) is 5.75 Å². The first-order chi connectivity index (χ1) is 12.1. The second-order valence-electron chi connectivity index (χ2n) is 7.59. The van der Waals surface area contributed by atoms with Crippen molar-refractivity contribution in [3.05, 3.63) is 65.0 Å². The number of hydrogen-bond donors (Lipinski definition) is 0. The maximum atomic E-state index is 13.2. The van der Waals surface area contributed by atoms with Crippen molar-refractivity contribution in [3.63, 3.8) is 0 Å². The predicted octanol–water partition coefficient (Wildman–Crippen LogP) is 3.70. The zero-order valence-corrected chi connectivity index (χ0v) is 14.0. The van der Waals surface area contributed by atoms with Gasteiger partial charge >= 0.3 is 0 Å². The molecule has 1 heterocycles. The molecule has 3 aliphatic rings. The molecule has 128 valence electrons. The van der Waals surface area contributed by atoms with Gasteiger partial charge in [0, 0.05) is 13.1 Å². The second kappa shape index (κ2) is 5.32. The molecule has 0 bridgehead atoms. The molecule has 4 heteroatoms. The van der Waals surface area contributed by atoms with Gasteiger partial charge in [0.25, 0.3) is 0 Å². The molecule has 0 radical (unpaired) electrons. The van der Waals surface area contributed by atoms with Gasteiger partial charge in [-0.2, -0.15) is 0 Å². The van der Waals surface area contributed by atoms with Crippen LogP contribution >= 0.6 is 0 Å². The van der Waals surface area contributed by atoms with Gasteiger partial charge in [0.1, 0.15) is 18.2 Å². The van der Waals surface area contributed by atoms with Gasteiger partial charge in [0.2, 0.25) is 5.91 Å². The molecule has 2 aliphatic carbocycles. The normalized spacial score (nSPS) is 25.8. The Bertz CT molecular complexity index is 857. The molecular formula is C21H20FNO2. The van der Waals surface area contributed by atoms with E-state index in [1.54, 1.807) is 6.07 Å². The first-order valence-corrected chi connectivity index (χ1v) is 8.92. The topological polar surface area (TPSA) is 29.5 Å². The minimum atomic E-state index is -0.246. The molecule has 0 N–H and O–H groups in total. The fourth-order valence-electron chi connectivity index (χ4n) is 3.95. The molecule has 2 saturated carbocycles. The number of carbonyl (C=O) groups is 1. The largest absolute Gasteiger partial charge is 0.489 e. The van der Waals surface area contributed by atoms with Crippen LogP contribution in [0.2, 0.25) is 0 Å². The Morgan fingerprint density at radius 3 is 2.80 bits per heavy atom. The van der Waals surface area contributed by atoms with Crippen LogP contribution in [0.15, 0.2) is 42.5 Å². The molecule has 2 aromatic rings. The van der Waals surface area contributed by atoms with Gasteiger partial charge in [-0.3, -0.25) is 4.79 Å². The van der Waals surface area contributed by atoms with Gasteiger partial charge < -0.3 is 9.64 Å². The molecular weight excluding hydrogens is 317 g/mol. The number of amides is 1. The smallest absolute Gasteiger partial charge is 0.229 e. The van der Waals surface area contributed by atoms with Crippen molar-refractivity contribution in [2.45, 2.75) is 32.4 Å². The summed E-state index contributed by atoms with van der Waals surface area (Å²) in [6.07, 6.45) is 3.10. The number of nitrogens with zero attached hydrogens (tertiary/aromatic N) is 1. The molecule has 0 spiro atoms. The van der Waals surface area contributed by atoms with Crippen LogP contribution in [-0.2, 0) is 24.4 Å². The fourth-order valence-corrected chi connectivity index (χ4v) is 3.95. The van der Waals surface area contributed by atoms with Crippen LogP contribution < -0.4 is 4.74 Å². The van der Waals surface area contributed by atoms with Crippen molar-refractivity contribution < 1.29 is 13.9 Å². The SMILES string of the molecule is O=C(N1CCc2cc(OCc3cccc(F)c3)ccc2C1)C12CC1C2. The van der Waals surface area contributed by atoms with Crippen LogP contribution in [0.4, 0.5) is 4.39 Å². The first kappa shape index (κ1) is 14.9. The maximum Gasteiger partial charge on any atom is 0.229 e. The molecule has 0 aromatic heterocycles. The lowest BCUT2D eigenvalue weighted by atomic mass is 9.98. The Hall–Kier alpha value is -2.36. The monoisotopic (exact) mass is 337 g/mol. The Kier molecular flexibility index (Phi) is 3.18. The molecule has 5 rings (SSSR count). The number of fused-ring (bicyclic) bond motifs is 2. The molecule has 0 saturated heterocycles. The van der Waals surface area contributed by atoms with Crippen LogP contribution in [0.25, 0.3) is 0 Å². The van der Waals surface area contributed by atoms with Crippen LogP contribution in [0.1, 0.15) is 29.5 Å². The van der Waals surface area contributed by atoms with Gasteiger partial charge in [-0.15, -0.1) is 0 Å². The van der Waals surface area contributed by atoms with Gasteiger partial charge in [-0.05, 0) is 66.1 Å². The Morgan fingerprint density at radius 2 is 2.04 bits per heavy atom. The van der Waals surface area contributed by atoms with Gasteiger partial charge in [-0.25, -0.2) is 4.39 Å². The lowest BCUT2D eigenvalue weighted by Gasteiger charge is -2.30. The van der Waals surface area contributed by atoms with Crippen LogP contribution in [-0.4, -0.2) is 17.4 Å². The predicted molar refractivity (Wildman–Crippen MR) is 91.5 cm³/mol. The molecule has 3 nitrogen and oxygen atoms in total. The lowest BCUT2D eigenvalue weighted by Crippen LogP contribution is -2.38. The zero-order chi connectivity index (χ0) is 17.0. The number of rotatable bonds is 4. The number of carbonyl (C=O) groups excluding carboxylic acids is 1. The van der Waals surface area contributed by atoms with Gasteiger partial charge in [-0.1, -0.05) is 18.2 Å². The van der Waals surface area contributed by atoms with Crippen molar-refractivity contribution >= 4 is 5.91 Å². The standard InChI is InChI=1S/C21H20FNO2/c22-18-3-1-2-14(8-18)13-25-19-5-4-16-12-23(7-6-15(16)9-19)20(24)21-10-17(21)11-21/h1-5,8-9,17H,6-7,10-13H2.